The number of amides is 2. The van der Waals surface area contributed by atoms with Gasteiger partial charge in [0.25, 0.3) is 11.6 Å². The molecule has 0 spiro atoms. The van der Waals surface area contributed by atoms with Crippen LogP contribution < -0.4 is 20.1 Å². The number of hydrogen-bond acceptors (Lipinski definition) is 6. The quantitative estimate of drug-likeness (QED) is 0.389. The molecule has 0 atom stereocenters. The largest absolute Gasteiger partial charge is 0.493 e. The molecule has 12 heteroatoms. The maximum Gasteiger partial charge on any atom is 0.273 e. The maximum absolute atomic E-state index is 13.5. The molecule has 0 saturated heterocycles. The van der Waals surface area contributed by atoms with Gasteiger partial charge in [-0.15, -0.1) is 0 Å². The first-order valence-corrected chi connectivity index (χ1v) is 7.88. The van der Waals surface area contributed by atoms with Gasteiger partial charge in [-0.2, -0.15) is 0 Å². The maximum atomic E-state index is 13.5. The van der Waals surface area contributed by atoms with E-state index in [0.29, 0.717) is 6.07 Å². The Morgan fingerprint density at radius 2 is 1.79 bits per heavy atom. The number of rotatable bonds is 8. The Balaban J connectivity index is 1.89. The van der Waals surface area contributed by atoms with E-state index in [1.54, 1.807) is 0 Å². The van der Waals surface area contributed by atoms with Crippen molar-refractivity contribution in [3.05, 3.63) is 57.9 Å². The van der Waals surface area contributed by atoms with Crippen molar-refractivity contribution in [2.75, 3.05) is 25.6 Å². The van der Waals surface area contributed by atoms with E-state index in [1.165, 1.54) is 19.2 Å². The van der Waals surface area contributed by atoms with Crippen molar-refractivity contribution in [1.29, 1.82) is 0 Å². The van der Waals surface area contributed by atoms with E-state index in [2.05, 4.69) is 5.32 Å². The molecule has 0 fully saturated rings. The second-order valence-corrected chi connectivity index (χ2v) is 5.43. The summed E-state index contributed by atoms with van der Waals surface area (Å²) in [5.74, 6) is -6.34. The monoisotopic (exact) mass is 413 g/mol. The second-order valence-electron chi connectivity index (χ2n) is 5.43. The first-order chi connectivity index (χ1) is 13.7. The lowest BCUT2D eigenvalue weighted by atomic mass is 10.2. The summed E-state index contributed by atoms with van der Waals surface area (Å²) in [5.41, 5.74) is -0.880. The Labute approximate surface area is 161 Å². The van der Waals surface area contributed by atoms with Gasteiger partial charge in [0.2, 0.25) is 5.91 Å². The Morgan fingerprint density at radius 3 is 2.45 bits per heavy atom. The zero-order valence-electron chi connectivity index (χ0n) is 14.8. The molecule has 2 aromatic rings. The highest BCUT2D eigenvalue weighted by atomic mass is 19.2. The number of nitrogens with one attached hydrogen (secondary N) is 2. The molecule has 2 amide bonds. The summed E-state index contributed by atoms with van der Waals surface area (Å²) in [7, 11) is 1.30. The smallest absolute Gasteiger partial charge is 0.273 e. The van der Waals surface area contributed by atoms with Crippen LogP contribution >= 0.6 is 0 Å². The average molecular weight is 413 g/mol. The Kier molecular flexibility index (Phi) is 6.95. The molecule has 0 saturated carbocycles. The molecule has 9 nitrogen and oxygen atoms in total. The fourth-order valence-corrected chi connectivity index (χ4v) is 2.08. The highest BCUT2D eigenvalue weighted by Gasteiger charge is 2.17. The summed E-state index contributed by atoms with van der Waals surface area (Å²) in [5, 5.41) is 14.9. The van der Waals surface area contributed by atoms with E-state index in [0.717, 1.165) is 12.1 Å². The number of anilines is 1. The van der Waals surface area contributed by atoms with Gasteiger partial charge in [-0.25, -0.2) is 13.2 Å². The molecule has 29 heavy (non-hydrogen) atoms. The van der Waals surface area contributed by atoms with E-state index >= 15 is 0 Å². The van der Waals surface area contributed by atoms with Crippen molar-refractivity contribution in [3.8, 4) is 11.5 Å². The van der Waals surface area contributed by atoms with Crippen molar-refractivity contribution >= 4 is 23.2 Å². The molecule has 0 aliphatic carbocycles. The summed E-state index contributed by atoms with van der Waals surface area (Å²) in [4.78, 5) is 33.6. The molecule has 0 aliphatic rings. The lowest BCUT2D eigenvalue weighted by Gasteiger charge is -2.11. The summed E-state index contributed by atoms with van der Waals surface area (Å²) in [6, 6.07) is 4.99. The lowest BCUT2D eigenvalue weighted by Crippen LogP contribution is -2.36. The minimum atomic E-state index is -1.74. The van der Waals surface area contributed by atoms with E-state index < -0.39 is 53.0 Å². The molecule has 0 unspecified atom stereocenters. The predicted molar refractivity (Wildman–Crippen MR) is 93.1 cm³/mol. The summed E-state index contributed by atoms with van der Waals surface area (Å²) in [6.45, 7) is -1.23. The lowest BCUT2D eigenvalue weighted by molar-refractivity contribution is -0.385. The van der Waals surface area contributed by atoms with Crippen molar-refractivity contribution in [2.24, 2.45) is 0 Å². The number of nitrogens with zero attached hydrogens (tertiary/aromatic N) is 1. The molecule has 154 valence electrons. The zero-order chi connectivity index (χ0) is 21.6. The van der Waals surface area contributed by atoms with Gasteiger partial charge in [0.05, 0.1) is 30.3 Å². The number of nitro benzene ring substituents is 1. The van der Waals surface area contributed by atoms with Crippen molar-refractivity contribution in [1.82, 2.24) is 5.32 Å². The number of carbonyl (C=O) groups is 2. The highest BCUT2D eigenvalue weighted by Crippen LogP contribution is 2.31. The molecule has 2 rings (SSSR count). The van der Waals surface area contributed by atoms with Crippen LogP contribution in [0, 0.1) is 27.6 Å². The van der Waals surface area contributed by atoms with Crippen LogP contribution in [0.3, 0.4) is 0 Å². The zero-order valence-corrected chi connectivity index (χ0v) is 14.8. The van der Waals surface area contributed by atoms with E-state index in [4.69, 9.17) is 9.47 Å². The first kappa shape index (κ1) is 21.5. The van der Waals surface area contributed by atoms with Gasteiger partial charge in [-0.3, -0.25) is 19.7 Å². The predicted octanol–water partition coefficient (Wildman–Crippen LogP) is 2.15. The van der Waals surface area contributed by atoms with Crippen LogP contribution in [0.15, 0.2) is 30.3 Å². The van der Waals surface area contributed by atoms with Gasteiger partial charge in [-0.05, 0) is 18.2 Å². The molecular weight excluding hydrogens is 399 g/mol. The topological polar surface area (TPSA) is 120 Å². The van der Waals surface area contributed by atoms with Crippen LogP contribution in [0.2, 0.25) is 0 Å². The van der Waals surface area contributed by atoms with Gasteiger partial charge in [0.1, 0.15) is 0 Å². The number of halogens is 3. The highest BCUT2D eigenvalue weighted by molar-refractivity contribution is 5.94. The average Bonchev–Trinajstić information content (AvgIpc) is 2.70. The number of non-ortho nitro benzene ring substituents is 1. The Hall–Kier alpha value is -3.83. The van der Waals surface area contributed by atoms with Gasteiger partial charge < -0.3 is 20.1 Å². The van der Waals surface area contributed by atoms with Crippen molar-refractivity contribution in [2.45, 2.75) is 0 Å². The van der Waals surface area contributed by atoms with E-state index in [-0.39, 0.29) is 17.2 Å². The van der Waals surface area contributed by atoms with Crippen LogP contribution in [0.5, 0.6) is 11.5 Å². The van der Waals surface area contributed by atoms with E-state index in [9.17, 15) is 32.9 Å². The molecule has 2 aromatic carbocycles. The number of nitro groups is 1. The molecule has 0 aromatic heterocycles. The third-order valence-corrected chi connectivity index (χ3v) is 3.47. The SMILES string of the molecule is COc1ccc([N+](=O)[O-])cc1OCC(=O)NCC(=O)Nc1ccc(F)c(F)c1F. The Bertz CT molecular complexity index is 954. The standard InChI is InChI=1S/C17H14F3N3O6/c1-28-12-5-2-9(23(26)27)6-13(12)29-8-15(25)21-7-14(24)22-11-4-3-10(18)16(19)17(11)20/h2-6H,7-8H2,1H3,(H,21,25)(H,22,24). The fourth-order valence-electron chi connectivity index (χ4n) is 2.08. The summed E-state index contributed by atoms with van der Waals surface area (Å²) in [6.07, 6.45) is 0. The fraction of sp³-hybridized carbons (Fsp3) is 0.176. The summed E-state index contributed by atoms with van der Waals surface area (Å²) >= 11 is 0. The number of methoxy groups -OCH3 is 1. The minimum absolute atomic E-state index is 0.0647. The van der Waals surface area contributed by atoms with Crippen LogP contribution in [0.4, 0.5) is 24.5 Å². The third kappa shape index (κ3) is 5.57. The minimum Gasteiger partial charge on any atom is -0.493 e. The third-order valence-electron chi connectivity index (χ3n) is 3.47. The van der Waals surface area contributed by atoms with Gasteiger partial charge in [-0.1, -0.05) is 0 Å². The van der Waals surface area contributed by atoms with E-state index in [1.807, 2.05) is 5.32 Å². The number of hydrogen-bond donors (Lipinski definition) is 2. The van der Waals surface area contributed by atoms with Crippen LogP contribution in [-0.4, -0.2) is 37.0 Å². The molecule has 0 heterocycles. The molecule has 0 bridgehead atoms. The van der Waals surface area contributed by atoms with Crippen LogP contribution in [0.1, 0.15) is 0 Å². The summed E-state index contributed by atoms with van der Waals surface area (Å²) < 4.78 is 49.6. The van der Waals surface area contributed by atoms with Crippen LogP contribution in [0.25, 0.3) is 0 Å². The number of carbonyl (C=O) groups excluding carboxylic acids is 2. The van der Waals surface area contributed by atoms with Crippen molar-refractivity contribution < 1.29 is 37.2 Å². The molecule has 0 aliphatic heterocycles. The van der Waals surface area contributed by atoms with Crippen molar-refractivity contribution in [3.63, 3.8) is 0 Å². The van der Waals surface area contributed by atoms with Gasteiger partial charge >= 0.3 is 0 Å². The molecule has 0 radical (unpaired) electrons. The first-order valence-electron chi connectivity index (χ1n) is 7.88. The Morgan fingerprint density at radius 1 is 1.07 bits per heavy atom. The van der Waals surface area contributed by atoms with Gasteiger partial charge in [0.15, 0.2) is 35.6 Å². The number of ether oxygens (including phenoxy) is 2. The second kappa shape index (κ2) is 9.39. The number of benzene rings is 2. The normalized spacial score (nSPS) is 10.2. The van der Waals surface area contributed by atoms with Crippen LogP contribution in [-0.2, 0) is 9.59 Å². The molecule has 2 N–H and O–H groups in total. The van der Waals surface area contributed by atoms with Gasteiger partial charge in [0, 0.05) is 6.07 Å². The molecular formula is C17H14F3N3O6.